The fourth-order valence-electron chi connectivity index (χ4n) is 1.76. The minimum atomic E-state index is 0.637. The van der Waals surface area contributed by atoms with Crippen LogP contribution in [0.25, 0.3) is 5.69 Å². The van der Waals surface area contributed by atoms with Gasteiger partial charge >= 0.3 is 0 Å². The molecule has 0 saturated carbocycles. The SMILES string of the molecule is Cc1cc(C)cc(-n2c(C)n[nH]c2=S)c1. The fraction of sp³-hybridized carbons (Fsp3) is 0.273. The van der Waals surface area contributed by atoms with Crippen molar-refractivity contribution in [2.45, 2.75) is 20.8 Å². The van der Waals surface area contributed by atoms with Crippen molar-refractivity contribution in [1.29, 1.82) is 0 Å². The average molecular weight is 219 g/mol. The molecular formula is C11H13N3S. The van der Waals surface area contributed by atoms with Crippen molar-refractivity contribution >= 4 is 12.2 Å². The van der Waals surface area contributed by atoms with Gasteiger partial charge in [-0.25, -0.2) is 0 Å². The summed E-state index contributed by atoms with van der Waals surface area (Å²) in [6.45, 7) is 6.09. The van der Waals surface area contributed by atoms with Gasteiger partial charge in [0.1, 0.15) is 5.82 Å². The summed E-state index contributed by atoms with van der Waals surface area (Å²) in [6, 6.07) is 6.35. The summed E-state index contributed by atoms with van der Waals surface area (Å²) in [7, 11) is 0. The van der Waals surface area contributed by atoms with E-state index in [0.29, 0.717) is 4.77 Å². The standard InChI is InChI=1S/C11H13N3S/c1-7-4-8(2)6-10(5-7)14-9(3)12-13-11(14)15/h4-6H,1-3H3,(H,13,15). The average Bonchev–Trinajstić information content (AvgIpc) is 2.44. The summed E-state index contributed by atoms with van der Waals surface area (Å²) < 4.78 is 2.58. The number of H-pyrrole nitrogens is 1. The highest BCUT2D eigenvalue weighted by atomic mass is 32.1. The normalized spacial score (nSPS) is 10.6. The maximum absolute atomic E-state index is 5.19. The molecule has 0 spiro atoms. The Morgan fingerprint density at radius 3 is 2.20 bits per heavy atom. The van der Waals surface area contributed by atoms with Crippen LogP contribution in [0.4, 0.5) is 0 Å². The van der Waals surface area contributed by atoms with Gasteiger partial charge in [-0.15, -0.1) is 0 Å². The third-order valence-corrected chi connectivity index (χ3v) is 2.58. The fourth-order valence-corrected chi connectivity index (χ4v) is 2.04. The second-order valence-electron chi connectivity index (χ2n) is 3.76. The van der Waals surface area contributed by atoms with Crippen LogP contribution in [0, 0.1) is 25.5 Å². The van der Waals surface area contributed by atoms with Crippen molar-refractivity contribution in [2.24, 2.45) is 0 Å². The zero-order chi connectivity index (χ0) is 11.0. The Morgan fingerprint density at radius 2 is 1.73 bits per heavy atom. The number of aromatic amines is 1. The molecule has 1 aromatic heterocycles. The van der Waals surface area contributed by atoms with Crippen molar-refractivity contribution in [2.75, 3.05) is 0 Å². The number of aromatic nitrogens is 3. The van der Waals surface area contributed by atoms with Crippen molar-refractivity contribution in [3.05, 3.63) is 39.9 Å². The molecule has 4 heteroatoms. The van der Waals surface area contributed by atoms with Crippen LogP contribution in [-0.4, -0.2) is 14.8 Å². The quantitative estimate of drug-likeness (QED) is 0.748. The van der Waals surface area contributed by atoms with Crippen molar-refractivity contribution < 1.29 is 0 Å². The molecule has 0 aliphatic carbocycles. The smallest absolute Gasteiger partial charge is 0.199 e. The van der Waals surface area contributed by atoms with Crippen LogP contribution >= 0.6 is 12.2 Å². The molecule has 0 radical (unpaired) electrons. The van der Waals surface area contributed by atoms with Gasteiger partial charge in [0, 0.05) is 0 Å². The first kappa shape index (κ1) is 10.1. The Labute approximate surface area is 93.8 Å². The lowest BCUT2D eigenvalue weighted by Gasteiger charge is -2.06. The lowest BCUT2D eigenvalue weighted by Crippen LogP contribution is -1.98. The van der Waals surface area contributed by atoms with Crippen LogP contribution in [0.5, 0.6) is 0 Å². The number of nitrogens with zero attached hydrogens (tertiary/aromatic N) is 2. The Morgan fingerprint density at radius 1 is 1.13 bits per heavy atom. The second kappa shape index (κ2) is 3.62. The molecule has 15 heavy (non-hydrogen) atoms. The van der Waals surface area contributed by atoms with Crippen LogP contribution in [-0.2, 0) is 0 Å². The Kier molecular flexibility index (Phi) is 2.44. The molecule has 2 aromatic rings. The third-order valence-electron chi connectivity index (χ3n) is 2.30. The van der Waals surface area contributed by atoms with Gasteiger partial charge in [0.15, 0.2) is 4.77 Å². The molecular weight excluding hydrogens is 206 g/mol. The molecule has 0 unspecified atom stereocenters. The van der Waals surface area contributed by atoms with Crippen molar-refractivity contribution in [3.63, 3.8) is 0 Å². The lowest BCUT2D eigenvalue weighted by atomic mass is 10.1. The summed E-state index contributed by atoms with van der Waals surface area (Å²) in [5.41, 5.74) is 3.53. The topological polar surface area (TPSA) is 33.6 Å². The van der Waals surface area contributed by atoms with E-state index in [9.17, 15) is 0 Å². The molecule has 1 heterocycles. The van der Waals surface area contributed by atoms with Gasteiger partial charge in [-0.1, -0.05) is 6.07 Å². The second-order valence-corrected chi connectivity index (χ2v) is 4.14. The van der Waals surface area contributed by atoms with E-state index in [1.807, 2.05) is 11.5 Å². The molecule has 0 saturated heterocycles. The Hall–Kier alpha value is -1.42. The first-order chi connectivity index (χ1) is 7.08. The Balaban J connectivity index is 2.69. The van der Waals surface area contributed by atoms with Crippen LogP contribution < -0.4 is 0 Å². The van der Waals surface area contributed by atoms with E-state index in [0.717, 1.165) is 11.5 Å². The summed E-state index contributed by atoms with van der Waals surface area (Å²) >= 11 is 5.19. The number of aryl methyl sites for hydroxylation is 3. The summed E-state index contributed by atoms with van der Waals surface area (Å²) in [5.74, 6) is 0.880. The van der Waals surface area contributed by atoms with Crippen LogP contribution in [0.3, 0.4) is 0 Å². The highest BCUT2D eigenvalue weighted by Crippen LogP contribution is 2.15. The van der Waals surface area contributed by atoms with E-state index in [2.05, 4.69) is 42.2 Å². The van der Waals surface area contributed by atoms with Crippen molar-refractivity contribution in [1.82, 2.24) is 14.8 Å². The molecule has 0 atom stereocenters. The van der Waals surface area contributed by atoms with Gasteiger partial charge in [0.25, 0.3) is 0 Å². The number of hydrogen-bond donors (Lipinski definition) is 1. The molecule has 78 valence electrons. The van der Waals surface area contributed by atoms with Crippen LogP contribution in [0.1, 0.15) is 17.0 Å². The molecule has 1 N–H and O–H groups in total. The highest BCUT2D eigenvalue weighted by molar-refractivity contribution is 7.71. The monoisotopic (exact) mass is 219 g/mol. The van der Waals surface area contributed by atoms with Gasteiger partial charge < -0.3 is 0 Å². The lowest BCUT2D eigenvalue weighted by molar-refractivity contribution is 0.959. The van der Waals surface area contributed by atoms with E-state index in [1.165, 1.54) is 11.1 Å². The van der Waals surface area contributed by atoms with Gasteiger partial charge in [-0.3, -0.25) is 9.67 Å². The summed E-state index contributed by atoms with van der Waals surface area (Å²) in [5, 5.41) is 6.89. The predicted octanol–water partition coefficient (Wildman–Crippen LogP) is 2.86. The van der Waals surface area contributed by atoms with E-state index in [-0.39, 0.29) is 0 Å². The first-order valence-corrected chi connectivity index (χ1v) is 5.21. The van der Waals surface area contributed by atoms with Crippen LogP contribution in [0.2, 0.25) is 0 Å². The van der Waals surface area contributed by atoms with Crippen LogP contribution in [0.15, 0.2) is 18.2 Å². The maximum Gasteiger partial charge on any atom is 0.199 e. The minimum Gasteiger partial charge on any atom is -0.272 e. The molecule has 0 aliphatic heterocycles. The molecule has 0 amide bonds. The van der Waals surface area contributed by atoms with Gasteiger partial charge in [-0.2, -0.15) is 5.10 Å². The van der Waals surface area contributed by atoms with Crippen molar-refractivity contribution in [3.8, 4) is 5.69 Å². The summed E-state index contributed by atoms with van der Waals surface area (Å²) in [6.07, 6.45) is 0. The van der Waals surface area contributed by atoms with E-state index < -0.39 is 0 Å². The molecule has 0 bridgehead atoms. The maximum atomic E-state index is 5.19. The van der Waals surface area contributed by atoms with Gasteiger partial charge in [0.2, 0.25) is 0 Å². The largest absolute Gasteiger partial charge is 0.272 e. The Bertz CT molecular complexity index is 531. The molecule has 2 rings (SSSR count). The number of hydrogen-bond acceptors (Lipinski definition) is 2. The van der Waals surface area contributed by atoms with E-state index in [1.54, 1.807) is 0 Å². The predicted molar refractivity (Wildman–Crippen MR) is 63.0 cm³/mol. The molecule has 1 aromatic carbocycles. The minimum absolute atomic E-state index is 0.637. The molecule has 0 aliphatic rings. The molecule has 3 nitrogen and oxygen atoms in total. The third kappa shape index (κ3) is 1.85. The first-order valence-electron chi connectivity index (χ1n) is 4.80. The number of benzene rings is 1. The zero-order valence-corrected chi connectivity index (χ0v) is 9.85. The van der Waals surface area contributed by atoms with E-state index in [4.69, 9.17) is 12.2 Å². The molecule has 0 fully saturated rings. The number of rotatable bonds is 1. The van der Waals surface area contributed by atoms with Gasteiger partial charge in [0.05, 0.1) is 5.69 Å². The highest BCUT2D eigenvalue weighted by Gasteiger charge is 2.04. The number of nitrogens with one attached hydrogen (secondary N) is 1. The summed E-state index contributed by atoms with van der Waals surface area (Å²) in [4.78, 5) is 0. The zero-order valence-electron chi connectivity index (χ0n) is 9.03. The van der Waals surface area contributed by atoms with Gasteiger partial charge in [-0.05, 0) is 56.2 Å². The van der Waals surface area contributed by atoms with E-state index >= 15 is 0 Å².